The van der Waals surface area contributed by atoms with E-state index < -0.39 is 0 Å². The van der Waals surface area contributed by atoms with Gasteiger partial charge in [-0.2, -0.15) is 0 Å². The molecule has 0 radical (unpaired) electrons. The lowest BCUT2D eigenvalue weighted by Crippen LogP contribution is -2.57. The van der Waals surface area contributed by atoms with E-state index in [9.17, 15) is 4.79 Å². The van der Waals surface area contributed by atoms with Gasteiger partial charge in [0, 0.05) is 45.3 Å². The molecule has 2 heterocycles. The Bertz CT molecular complexity index is 230. The van der Waals surface area contributed by atoms with Gasteiger partial charge in [-0.05, 0) is 13.8 Å². The zero-order valence-electron chi connectivity index (χ0n) is 9.70. The molecule has 2 rings (SSSR count). The van der Waals surface area contributed by atoms with Gasteiger partial charge in [0.2, 0.25) is 5.91 Å². The Morgan fingerprint density at radius 1 is 1.20 bits per heavy atom. The van der Waals surface area contributed by atoms with Crippen molar-refractivity contribution in [2.75, 3.05) is 39.3 Å². The van der Waals surface area contributed by atoms with Crippen molar-refractivity contribution < 1.29 is 4.79 Å². The summed E-state index contributed by atoms with van der Waals surface area (Å²) >= 11 is 0. The highest BCUT2D eigenvalue weighted by atomic mass is 16.2. The monoisotopic (exact) mass is 211 g/mol. The third kappa shape index (κ3) is 2.32. The molecule has 0 aromatic carbocycles. The average Bonchev–Trinajstić information content (AvgIpc) is 2.15. The molecule has 86 valence electrons. The summed E-state index contributed by atoms with van der Waals surface area (Å²) in [6.07, 6.45) is 0. The smallest absolute Gasteiger partial charge is 0.228 e. The van der Waals surface area contributed by atoms with Gasteiger partial charge >= 0.3 is 0 Å². The maximum atomic E-state index is 11.9. The van der Waals surface area contributed by atoms with Crippen LogP contribution in [-0.4, -0.2) is 61.0 Å². The minimum Gasteiger partial charge on any atom is -0.340 e. The third-order valence-electron chi connectivity index (χ3n) is 3.49. The molecule has 0 aliphatic carbocycles. The molecule has 1 N–H and O–H groups in total. The summed E-state index contributed by atoms with van der Waals surface area (Å²) in [6, 6.07) is 0.604. The fourth-order valence-corrected chi connectivity index (χ4v) is 2.18. The number of nitrogens with one attached hydrogen (secondary N) is 1. The molecule has 15 heavy (non-hydrogen) atoms. The highest BCUT2D eigenvalue weighted by Gasteiger charge is 2.31. The lowest BCUT2D eigenvalue weighted by atomic mass is 10.0. The molecule has 4 heteroatoms. The lowest BCUT2D eigenvalue weighted by molar-refractivity contribution is -0.139. The topological polar surface area (TPSA) is 35.6 Å². The van der Waals surface area contributed by atoms with Crippen LogP contribution >= 0.6 is 0 Å². The molecule has 4 nitrogen and oxygen atoms in total. The van der Waals surface area contributed by atoms with Gasteiger partial charge in [0.25, 0.3) is 0 Å². The Labute approximate surface area is 91.6 Å². The van der Waals surface area contributed by atoms with Crippen LogP contribution in [0, 0.1) is 5.92 Å². The Morgan fingerprint density at radius 2 is 1.80 bits per heavy atom. The molecule has 0 bridgehead atoms. The van der Waals surface area contributed by atoms with Crippen LogP contribution in [0.3, 0.4) is 0 Å². The zero-order valence-corrected chi connectivity index (χ0v) is 9.70. The van der Waals surface area contributed by atoms with E-state index in [1.54, 1.807) is 0 Å². The van der Waals surface area contributed by atoms with Gasteiger partial charge in [-0.25, -0.2) is 0 Å². The minimum absolute atomic E-state index is 0.260. The molecule has 0 aromatic heterocycles. The number of carbonyl (C=O) groups excluding carboxylic acids is 1. The maximum Gasteiger partial charge on any atom is 0.228 e. The molecule has 0 saturated carbocycles. The van der Waals surface area contributed by atoms with Crippen molar-refractivity contribution in [1.82, 2.24) is 15.1 Å². The van der Waals surface area contributed by atoms with Crippen molar-refractivity contribution in [3.63, 3.8) is 0 Å². The minimum atomic E-state index is 0.260. The molecule has 0 atom stereocenters. The van der Waals surface area contributed by atoms with E-state index in [-0.39, 0.29) is 5.92 Å². The summed E-state index contributed by atoms with van der Waals surface area (Å²) < 4.78 is 0. The maximum absolute atomic E-state index is 11.9. The molecule has 1 amide bonds. The Morgan fingerprint density at radius 3 is 2.20 bits per heavy atom. The van der Waals surface area contributed by atoms with Crippen LogP contribution in [-0.2, 0) is 4.79 Å². The number of amides is 1. The van der Waals surface area contributed by atoms with Crippen LogP contribution in [0.4, 0.5) is 0 Å². The first kappa shape index (κ1) is 10.9. The predicted molar refractivity (Wildman–Crippen MR) is 59.6 cm³/mol. The van der Waals surface area contributed by atoms with Crippen LogP contribution < -0.4 is 5.32 Å². The second-order valence-corrected chi connectivity index (χ2v) is 4.81. The van der Waals surface area contributed by atoms with Crippen LogP contribution in [0.25, 0.3) is 0 Å². The van der Waals surface area contributed by atoms with Gasteiger partial charge in [-0.3, -0.25) is 9.69 Å². The van der Waals surface area contributed by atoms with Crippen molar-refractivity contribution >= 4 is 5.91 Å². The van der Waals surface area contributed by atoms with Crippen molar-refractivity contribution in [3.05, 3.63) is 0 Å². The summed E-state index contributed by atoms with van der Waals surface area (Å²) in [6.45, 7) is 10.1. The number of hydrogen-bond donors (Lipinski definition) is 1. The fraction of sp³-hybridized carbons (Fsp3) is 0.909. The average molecular weight is 211 g/mol. The summed E-state index contributed by atoms with van der Waals surface area (Å²) in [5.41, 5.74) is 0. The van der Waals surface area contributed by atoms with E-state index >= 15 is 0 Å². The van der Waals surface area contributed by atoms with Crippen LogP contribution in [0.15, 0.2) is 0 Å². The highest BCUT2D eigenvalue weighted by Crippen LogP contribution is 2.12. The Hall–Kier alpha value is -0.610. The summed E-state index contributed by atoms with van der Waals surface area (Å²) in [4.78, 5) is 16.4. The van der Waals surface area contributed by atoms with E-state index in [1.165, 1.54) is 0 Å². The number of nitrogens with zero attached hydrogens (tertiary/aromatic N) is 2. The van der Waals surface area contributed by atoms with Crippen molar-refractivity contribution in [1.29, 1.82) is 0 Å². The zero-order chi connectivity index (χ0) is 10.8. The van der Waals surface area contributed by atoms with Gasteiger partial charge < -0.3 is 10.2 Å². The fourth-order valence-electron chi connectivity index (χ4n) is 2.18. The number of piperazine rings is 1. The van der Waals surface area contributed by atoms with Gasteiger partial charge in [0.05, 0.1) is 5.92 Å². The van der Waals surface area contributed by atoms with Crippen molar-refractivity contribution in [2.24, 2.45) is 5.92 Å². The quantitative estimate of drug-likeness (QED) is 0.684. The van der Waals surface area contributed by atoms with Gasteiger partial charge in [0.15, 0.2) is 0 Å². The normalized spacial score (nSPS) is 24.3. The second kappa shape index (κ2) is 4.49. The highest BCUT2D eigenvalue weighted by molar-refractivity contribution is 5.80. The van der Waals surface area contributed by atoms with E-state index in [4.69, 9.17) is 0 Å². The first-order valence-corrected chi connectivity index (χ1v) is 5.92. The molecular weight excluding hydrogens is 190 g/mol. The molecule has 2 fully saturated rings. The Kier molecular flexibility index (Phi) is 3.26. The summed E-state index contributed by atoms with van der Waals surface area (Å²) in [7, 11) is 0. The first-order chi connectivity index (χ1) is 7.18. The lowest BCUT2D eigenvalue weighted by Gasteiger charge is -2.39. The molecule has 0 spiro atoms. The standard InChI is InChI=1S/C11H21N3O/c1-9(2)13-3-5-14(6-4-13)11(15)10-7-12-8-10/h9-10,12H,3-8H2,1-2H3. The largest absolute Gasteiger partial charge is 0.340 e. The van der Waals surface area contributed by atoms with E-state index in [0.717, 1.165) is 39.3 Å². The number of hydrogen-bond acceptors (Lipinski definition) is 3. The SMILES string of the molecule is CC(C)N1CCN(C(=O)C2CNC2)CC1. The summed E-state index contributed by atoms with van der Waals surface area (Å²) in [5.74, 6) is 0.618. The molecule has 0 aromatic rings. The number of carbonyl (C=O) groups is 1. The van der Waals surface area contributed by atoms with E-state index in [2.05, 4.69) is 24.1 Å². The third-order valence-corrected chi connectivity index (χ3v) is 3.49. The molecule has 2 aliphatic rings. The van der Waals surface area contributed by atoms with Crippen LogP contribution in [0.2, 0.25) is 0 Å². The first-order valence-electron chi connectivity index (χ1n) is 5.92. The van der Waals surface area contributed by atoms with Gasteiger partial charge in [-0.15, -0.1) is 0 Å². The number of rotatable bonds is 2. The summed E-state index contributed by atoms with van der Waals surface area (Å²) in [5, 5.41) is 3.15. The van der Waals surface area contributed by atoms with Crippen molar-refractivity contribution in [3.8, 4) is 0 Å². The van der Waals surface area contributed by atoms with Gasteiger partial charge in [0.1, 0.15) is 0 Å². The van der Waals surface area contributed by atoms with E-state index in [1.807, 2.05) is 4.90 Å². The van der Waals surface area contributed by atoms with Crippen LogP contribution in [0.1, 0.15) is 13.8 Å². The molecule has 0 unspecified atom stereocenters. The molecule has 2 aliphatic heterocycles. The van der Waals surface area contributed by atoms with E-state index in [0.29, 0.717) is 11.9 Å². The van der Waals surface area contributed by atoms with Crippen molar-refractivity contribution in [2.45, 2.75) is 19.9 Å². The molecular formula is C11H21N3O. The Balaban J connectivity index is 1.79. The van der Waals surface area contributed by atoms with Crippen LogP contribution in [0.5, 0.6) is 0 Å². The predicted octanol–water partition coefficient (Wildman–Crippen LogP) is -0.242. The van der Waals surface area contributed by atoms with Gasteiger partial charge in [-0.1, -0.05) is 0 Å². The molecule has 2 saturated heterocycles. The second-order valence-electron chi connectivity index (χ2n) is 4.81.